The van der Waals surface area contributed by atoms with Crippen LogP contribution >= 0.6 is 11.6 Å². The van der Waals surface area contributed by atoms with E-state index in [2.05, 4.69) is 22.2 Å². The van der Waals surface area contributed by atoms with Crippen molar-refractivity contribution in [3.63, 3.8) is 0 Å². The number of morpholine rings is 1. The molecule has 2 heterocycles. The lowest BCUT2D eigenvalue weighted by atomic mass is 10.2. The van der Waals surface area contributed by atoms with Gasteiger partial charge in [-0.15, -0.1) is 0 Å². The Bertz CT molecular complexity index is 355. The van der Waals surface area contributed by atoms with Gasteiger partial charge in [-0.1, -0.05) is 17.7 Å². The first kappa shape index (κ1) is 12.8. The number of nitrogens with zero attached hydrogens (tertiary/aromatic N) is 2. The molecule has 1 unspecified atom stereocenters. The van der Waals surface area contributed by atoms with Gasteiger partial charge in [0.25, 0.3) is 0 Å². The minimum absolute atomic E-state index is 0.271. The van der Waals surface area contributed by atoms with Crippen molar-refractivity contribution in [3.8, 4) is 0 Å². The summed E-state index contributed by atoms with van der Waals surface area (Å²) in [7, 11) is 2.07. The molecule has 0 aliphatic carbocycles. The molecule has 0 aromatic carbocycles. The van der Waals surface area contributed by atoms with Crippen molar-refractivity contribution in [1.82, 2.24) is 15.2 Å². The van der Waals surface area contributed by atoms with Crippen LogP contribution in [0.15, 0.2) is 18.2 Å². The Kier molecular flexibility index (Phi) is 4.74. The number of likely N-dealkylation sites (N-methyl/N-ethyl adjacent to an activating group) is 1. The molecular weight excluding hydrogens is 238 g/mol. The molecule has 17 heavy (non-hydrogen) atoms. The standard InChI is InChI=1S/C12H18ClN3O/c1-16(9-11-7-14-5-6-17-11)8-10-3-2-4-12(13)15-10/h2-4,11,14H,5-9H2,1H3. The van der Waals surface area contributed by atoms with Gasteiger partial charge < -0.3 is 10.1 Å². The fourth-order valence-electron chi connectivity index (χ4n) is 1.96. The second-order valence-electron chi connectivity index (χ2n) is 4.35. The van der Waals surface area contributed by atoms with Crippen molar-refractivity contribution < 1.29 is 4.74 Å². The smallest absolute Gasteiger partial charge is 0.129 e. The van der Waals surface area contributed by atoms with Gasteiger partial charge in [-0.2, -0.15) is 0 Å². The van der Waals surface area contributed by atoms with Crippen molar-refractivity contribution in [2.45, 2.75) is 12.6 Å². The summed E-state index contributed by atoms with van der Waals surface area (Å²) in [6.45, 7) is 4.37. The van der Waals surface area contributed by atoms with E-state index in [1.807, 2.05) is 12.1 Å². The Morgan fingerprint density at radius 1 is 1.59 bits per heavy atom. The molecule has 1 atom stereocenters. The highest BCUT2D eigenvalue weighted by Gasteiger charge is 2.15. The lowest BCUT2D eigenvalue weighted by Crippen LogP contribution is -2.44. The van der Waals surface area contributed by atoms with E-state index in [1.54, 1.807) is 6.07 Å². The molecule has 1 saturated heterocycles. The van der Waals surface area contributed by atoms with Crippen molar-refractivity contribution in [1.29, 1.82) is 0 Å². The molecular formula is C12H18ClN3O. The number of pyridine rings is 1. The number of hydrogen-bond acceptors (Lipinski definition) is 4. The quantitative estimate of drug-likeness (QED) is 0.820. The summed E-state index contributed by atoms with van der Waals surface area (Å²) < 4.78 is 5.66. The molecule has 0 bridgehead atoms. The summed E-state index contributed by atoms with van der Waals surface area (Å²) in [6, 6.07) is 5.71. The molecule has 1 N–H and O–H groups in total. The van der Waals surface area contributed by atoms with E-state index in [0.29, 0.717) is 5.15 Å². The lowest BCUT2D eigenvalue weighted by Gasteiger charge is -2.27. The van der Waals surface area contributed by atoms with Gasteiger partial charge in [0, 0.05) is 26.2 Å². The van der Waals surface area contributed by atoms with Crippen molar-refractivity contribution in [3.05, 3.63) is 29.0 Å². The van der Waals surface area contributed by atoms with Gasteiger partial charge in [0.15, 0.2) is 0 Å². The molecule has 0 saturated carbocycles. The molecule has 1 aromatic heterocycles. The Morgan fingerprint density at radius 3 is 3.18 bits per heavy atom. The second-order valence-corrected chi connectivity index (χ2v) is 4.73. The van der Waals surface area contributed by atoms with Crippen molar-refractivity contribution in [2.24, 2.45) is 0 Å². The summed E-state index contributed by atoms with van der Waals surface area (Å²) in [5, 5.41) is 3.87. The maximum atomic E-state index is 5.86. The normalized spacial score (nSPS) is 20.8. The zero-order valence-corrected chi connectivity index (χ0v) is 10.8. The van der Waals surface area contributed by atoms with Crippen molar-refractivity contribution in [2.75, 3.05) is 33.3 Å². The number of halogens is 1. The largest absolute Gasteiger partial charge is 0.374 e. The average molecular weight is 256 g/mol. The predicted molar refractivity (Wildman–Crippen MR) is 68.2 cm³/mol. The zero-order chi connectivity index (χ0) is 12.1. The molecule has 5 heteroatoms. The topological polar surface area (TPSA) is 37.4 Å². The van der Waals surface area contributed by atoms with E-state index < -0.39 is 0 Å². The Morgan fingerprint density at radius 2 is 2.47 bits per heavy atom. The van der Waals surface area contributed by atoms with E-state index in [-0.39, 0.29) is 6.10 Å². The van der Waals surface area contributed by atoms with Crippen LogP contribution in [0.4, 0.5) is 0 Å². The van der Waals surface area contributed by atoms with E-state index in [4.69, 9.17) is 16.3 Å². The van der Waals surface area contributed by atoms with E-state index in [9.17, 15) is 0 Å². The van der Waals surface area contributed by atoms with Crippen LogP contribution in [0.1, 0.15) is 5.69 Å². The van der Waals surface area contributed by atoms with Gasteiger partial charge in [0.1, 0.15) is 5.15 Å². The molecule has 0 spiro atoms. The van der Waals surface area contributed by atoms with E-state index in [1.165, 1.54) is 0 Å². The van der Waals surface area contributed by atoms with Crippen LogP contribution in [-0.2, 0) is 11.3 Å². The fourth-order valence-corrected chi connectivity index (χ4v) is 2.15. The van der Waals surface area contributed by atoms with E-state index >= 15 is 0 Å². The molecule has 2 rings (SSSR count). The first-order valence-corrected chi connectivity index (χ1v) is 6.24. The van der Waals surface area contributed by atoms with Crippen molar-refractivity contribution >= 4 is 11.6 Å². The summed E-state index contributed by atoms with van der Waals surface area (Å²) in [5.74, 6) is 0. The first-order chi connectivity index (χ1) is 8.24. The molecule has 1 aliphatic heterocycles. The van der Waals surface area contributed by atoms with Gasteiger partial charge in [0.2, 0.25) is 0 Å². The summed E-state index contributed by atoms with van der Waals surface area (Å²) in [6.07, 6.45) is 0.271. The lowest BCUT2D eigenvalue weighted by molar-refractivity contribution is 0.00868. The molecule has 1 fully saturated rings. The van der Waals surface area contributed by atoms with Crippen LogP contribution in [-0.4, -0.2) is 49.3 Å². The number of rotatable bonds is 4. The number of ether oxygens (including phenoxy) is 1. The zero-order valence-electron chi connectivity index (χ0n) is 10.0. The summed E-state index contributed by atoms with van der Waals surface area (Å²) in [5.41, 5.74) is 0.990. The van der Waals surface area contributed by atoms with Gasteiger partial charge >= 0.3 is 0 Å². The van der Waals surface area contributed by atoms with Gasteiger partial charge in [-0.25, -0.2) is 4.98 Å². The molecule has 0 amide bonds. The number of hydrogen-bond donors (Lipinski definition) is 1. The third-order valence-electron chi connectivity index (χ3n) is 2.72. The molecule has 4 nitrogen and oxygen atoms in total. The maximum Gasteiger partial charge on any atom is 0.129 e. The Hall–Kier alpha value is -0.680. The molecule has 94 valence electrons. The van der Waals surface area contributed by atoms with Crippen LogP contribution in [0.5, 0.6) is 0 Å². The third kappa shape index (κ3) is 4.24. The predicted octanol–water partition coefficient (Wildman–Crippen LogP) is 1.16. The van der Waals surface area contributed by atoms with Gasteiger partial charge in [-0.05, 0) is 19.2 Å². The van der Waals surface area contributed by atoms with Crippen LogP contribution in [0, 0.1) is 0 Å². The second kappa shape index (κ2) is 6.31. The summed E-state index contributed by atoms with van der Waals surface area (Å²) >= 11 is 5.86. The Balaban J connectivity index is 1.82. The monoisotopic (exact) mass is 255 g/mol. The van der Waals surface area contributed by atoms with Crippen LogP contribution < -0.4 is 5.32 Å². The van der Waals surface area contributed by atoms with Crippen LogP contribution in [0.3, 0.4) is 0 Å². The van der Waals surface area contributed by atoms with E-state index in [0.717, 1.165) is 38.5 Å². The highest BCUT2D eigenvalue weighted by Crippen LogP contribution is 2.08. The average Bonchev–Trinajstić information content (AvgIpc) is 2.30. The summed E-state index contributed by atoms with van der Waals surface area (Å²) in [4.78, 5) is 6.48. The van der Waals surface area contributed by atoms with Crippen LogP contribution in [0.25, 0.3) is 0 Å². The minimum atomic E-state index is 0.271. The molecule has 1 aromatic rings. The molecule has 1 aliphatic rings. The van der Waals surface area contributed by atoms with Gasteiger partial charge in [-0.3, -0.25) is 4.90 Å². The minimum Gasteiger partial charge on any atom is -0.374 e. The molecule has 0 radical (unpaired) electrons. The fraction of sp³-hybridized carbons (Fsp3) is 0.583. The highest BCUT2D eigenvalue weighted by molar-refractivity contribution is 6.29. The SMILES string of the molecule is CN(Cc1cccc(Cl)n1)CC1CNCCO1. The van der Waals surface area contributed by atoms with Crippen LogP contribution in [0.2, 0.25) is 5.15 Å². The number of nitrogens with one attached hydrogen (secondary N) is 1. The number of aromatic nitrogens is 1. The van der Waals surface area contributed by atoms with Gasteiger partial charge in [0.05, 0.1) is 18.4 Å². The highest BCUT2D eigenvalue weighted by atomic mass is 35.5. The first-order valence-electron chi connectivity index (χ1n) is 5.86. The third-order valence-corrected chi connectivity index (χ3v) is 2.93. The Labute approximate surface area is 107 Å². The maximum absolute atomic E-state index is 5.86.